The number of oxazole rings is 1. The smallest absolute Gasteiger partial charge is 0.300 e. The van der Waals surface area contributed by atoms with Crippen LogP contribution < -0.4 is 9.64 Å². The Morgan fingerprint density at radius 3 is 2.74 bits per heavy atom. The Hall–Kier alpha value is -2.87. The zero-order chi connectivity index (χ0) is 19.0. The van der Waals surface area contributed by atoms with E-state index in [1.54, 1.807) is 11.0 Å². The van der Waals surface area contributed by atoms with Crippen molar-refractivity contribution in [1.82, 2.24) is 19.9 Å². The number of anilines is 1. The van der Waals surface area contributed by atoms with Crippen LogP contribution in [0.1, 0.15) is 16.1 Å². The number of fused-ring (bicyclic) bond motifs is 1. The molecular formula is C18H18ClN5O3. The molecule has 1 amide bonds. The fourth-order valence-corrected chi connectivity index (χ4v) is 3.19. The fourth-order valence-electron chi connectivity index (χ4n) is 3.01. The Labute approximate surface area is 160 Å². The number of hydrogen-bond acceptors (Lipinski definition) is 7. The highest BCUT2D eigenvalue weighted by molar-refractivity contribution is 6.30. The quantitative estimate of drug-likeness (QED) is 0.638. The van der Waals surface area contributed by atoms with Gasteiger partial charge in [-0.05, 0) is 25.1 Å². The average molecular weight is 388 g/mol. The van der Waals surface area contributed by atoms with E-state index in [0.717, 1.165) is 5.69 Å². The molecule has 140 valence electrons. The minimum Gasteiger partial charge on any atom is -0.493 e. The topological polar surface area (TPSA) is 84.6 Å². The van der Waals surface area contributed by atoms with Gasteiger partial charge in [-0.3, -0.25) is 4.79 Å². The van der Waals surface area contributed by atoms with Crippen molar-refractivity contribution in [3.05, 3.63) is 40.8 Å². The number of pyridine rings is 2. The van der Waals surface area contributed by atoms with Gasteiger partial charge in [0.1, 0.15) is 0 Å². The summed E-state index contributed by atoms with van der Waals surface area (Å²) in [6.07, 6.45) is 1.47. The second-order valence-corrected chi connectivity index (χ2v) is 6.63. The third kappa shape index (κ3) is 3.40. The van der Waals surface area contributed by atoms with Gasteiger partial charge in [0.05, 0.1) is 12.7 Å². The van der Waals surface area contributed by atoms with Gasteiger partial charge >= 0.3 is 0 Å². The lowest BCUT2D eigenvalue weighted by Crippen LogP contribution is -2.49. The van der Waals surface area contributed by atoms with Crippen LogP contribution in [0.5, 0.6) is 5.75 Å². The standard InChI is InChI=1S/C18H18ClN5O3/c1-11-3-4-13-16(21-11)22-18(27-13)24-7-5-23(6-8-24)17(25)12-9-14(26-2)15(19)20-10-12/h3-4,9-10H,5-8H2,1-2H3. The number of carbonyl (C=O) groups excluding carboxylic acids is 1. The van der Waals surface area contributed by atoms with Gasteiger partial charge in [0, 0.05) is 38.1 Å². The first-order valence-corrected chi connectivity index (χ1v) is 8.91. The molecule has 1 aliphatic heterocycles. The van der Waals surface area contributed by atoms with Crippen LogP contribution in [-0.2, 0) is 0 Å². The van der Waals surface area contributed by atoms with Gasteiger partial charge in [0.15, 0.2) is 16.5 Å². The number of aryl methyl sites for hydroxylation is 1. The minimum atomic E-state index is -0.105. The molecular weight excluding hydrogens is 370 g/mol. The van der Waals surface area contributed by atoms with Gasteiger partial charge in [-0.15, -0.1) is 0 Å². The van der Waals surface area contributed by atoms with Gasteiger partial charge in [0.25, 0.3) is 11.9 Å². The summed E-state index contributed by atoms with van der Waals surface area (Å²) in [5, 5.41) is 0.235. The van der Waals surface area contributed by atoms with Crippen LogP contribution in [0.3, 0.4) is 0 Å². The number of piperazine rings is 1. The maximum Gasteiger partial charge on any atom is 0.300 e. The highest BCUT2D eigenvalue weighted by Crippen LogP contribution is 2.24. The molecule has 3 aromatic rings. The summed E-state index contributed by atoms with van der Waals surface area (Å²) in [5.41, 5.74) is 2.60. The van der Waals surface area contributed by atoms with Crippen LogP contribution in [0.15, 0.2) is 28.8 Å². The van der Waals surface area contributed by atoms with E-state index in [0.29, 0.717) is 54.7 Å². The van der Waals surface area contributed by atoms with Crippen molar-refractivity contribution < 1.29 is 13.9 Å². The number of aromatic nitrogens is 3. The molecule has 0 aliphatic carbocycles. The van der Waals surface area contributed by atoms with E-state index in [1.807, 2.05) is 24.0 Å². The Morgan fingerprint density at radius 2 is 2.00 bits per heavy atom. The lowest BCUT2D eigenvalue weighted by atomic mass is 10.2. The second-order valence-electron chi connectivity index (χ2n) is 6.27. The average Bonchev–Trinajstić information content (AvgIpc) is 3.11. The van der Waals surface area contributed by atoms with E-state index in [9.17, 15) is 4.79 Å². The van der Waals surface area contributed by atoms with Crippen molar-refractivity contribution in [2.24, 2.45) is 0 Å². The Morgan fingerprint density at radius 1 is 1.22 bits per heavy atom. The highest BCUT2D eigenvalue weighted by atomic mass is 35.5. The number of ether oxygens (including phenoxy) is 1. The highest BCUT2D eigenvalue weighted by Gasteiger charge is 2.25. The van der Waals surface area contributed by atoms with E-state index in [-0.39, 0.29) is 11.1 Å². The first-order valence-electron chi connectivity index (χ1n) is 8.53. The molecule has 0 atom stereocenters. The van der Waals surface area contributed by atoms with Gasteiger partial charge in [-0.25, -0.2) is 9.97 Å². The van der Waals surface area contributed by atoms with Crippen LogP contribution in [0.4, 0.5) is 6.01 Å². The summed E-state index contributed by atoms with van der Waals surface area (Å²) < 4.78 is 10.9. The largest absolute Gasteiger partial charge is 0.493 e. The molecule has 1 saturated heterocycles. The van der Waals surface area contributed by atoms with Crippen molar-refractivity contribution in [3.63, 3.8) is 0 Å². The zero-order valence-corrected chi connectivity index (χ0v) is 15.7. The minimum absolute atomic E-state index is 0.105. The van der Waals surface area contributed by atoms with E-state index in [2.05, 4.69) is 15.0 Å². The number of hydrogen-bond donors (Lipinski definition) is 0. The molecule has 1 aliphatic rings. The summed E-state index contributed by atoms with van der Waals surface area (Å²) in [4.78, 5) is 29.3. The van der Waals surface area contributed by atoms with Crippen LogP contribution in [0, 0.1) is 6.92 Å². The molecule has 8 nitrogen and oxygen atoms in total. The summed E-state index contributed by atoms with van der Waals surface area (Å²) in [6, 6.07) is 5.90. The van der Waals surface area contributed by atoms with E-state index >= 15 is 0 Å². The predicted octanol–water partition coefficient (Wildman–Crippen LogP) is 2.55. The van der Waals surface area contributed by atoms with Gasteiger partial charge in [-0.2, -0.15) is 4.98 Å². The van der Waals surface area contributed by atoms with Gasteiger partial charge in [0.2, 0.25) is 5.65 Å². The van der Waals surface area contributed by atoms with Crippen molar-refractivity contribution in [1.29, 1.82) is 0 Å². The molecule has 4 heterocycles. The summed E-state index contributed by atoms with van der Waals surface area (Å²) in [5.74, 6) is 0.280. The third-order valence-corrected chi connectivity index (χ3v) is 4.78. The lowest BCUT2D eigenvalue weighted by Gasteiger charge is -2.33. The van der Waals surface area contributed by atoms with Crippen LogP contribution in [0.2, 0.25) is 5.15 Å². The molecule has 0 radical (unpaired) electrons. The third-order valence-electron chi connectivity index (χ3n) is 4.49. The number of amides is 1. The van der Waals surface area contributed by atoms with Crippen molar-refractivity contribution in [2.45, 2.75) is 6.92 Å². The summed E-state index contributed by atoms with van der Waals surface area (Å²) in [6.45, 7) is 4.26. The van der Waals surface area contributed by atoms with Crippen LogP contribution in [0.25, 0.3) is 11.2 Å². The summed E-state index contributed by atoms with van der Waals surface area (Å²) in [7, 11) is 1.49. The maximum atomic E-state index is 12.7. The molecule has 0 unspecified atom stereocenters. The molecule has 0 N–H and O–H groups in total. The van der Waals surface area contributed by atoms with Crippen LogP contribution in [-0.4, -0.2) is 59.0 Å². The molecule has 0 spiro atoms. The van der Waals surface area contributed by atoms with Gasteiger partial charge < -0.3 is 19.0 Å². The number of rotatable bonds is 3. The van der Waals surface area contributed by atoms with E-state index < -0.39 is 0 Å². The molecule has 27 heavy (non-hydrogen) atoms. The fraction of sp³-hybridized carbons (Fsp3) is 0.333. The molecule has 9 heteroatoms. The number of methoxy groups -OCH3 is 1. The number of halogens is 1. The molecule has 0 saturated carbocycles. The Balaban J connectivity index is 1.45. The Kier molecular flexibility index (Phi) is 4.57. The molecule has 4 rings (SSSR count). The molecule has 0 bridgehead atoms. The van der Waals surface area contributed by atoms with Crippen molar-refractivity contribution in [3.8, 4) is 5.75 Å². The molecule has 0 aromatic carbocycles. The van der Waals surface area contributed by atoms with E-state index in [4.69, 9.17) is 20.8 Å². The van der Waals surface area contributed by atoms with Crippen molar-refractivity contribution >= 4 is 34.8 Å². The normalized spacial score (nSPS) is 14.6. The van der Waals surface area contributed by atoms with Crippen LogP contribution >= 0.6 is 11.6 Å². The first kappa shape index (κ1) is 17.5. The summed E-state index contributed by atoms with van der Waals surface area (Å²) >= 11 is 5.93. The molecule has 3 aromatic heterocycles. The van der Waals surface area contributed by atoms with Crippen molar-refractivity contribution in [2.75, 3.05) is 38.2 Å². The first-order chi connectivity index (χ1) is 13.0. The monoisotopic (exact) mass is 387 g/mol. The Bertz CT molecular complexity index is 998. The number of nitrogens with zero attached hydrogens (tertiary/aromatic N) is 5. The zero-order valence-electron chi connectivity index (χ0n) is 15.0. The second kappa shape index (κ2) is 7.03. The van der Waals surface area contributed by atoms with Gasteiger partial charge in [-0.1, -0.05) is 11.6 Å². The molecule has 1 fully saturated rings. The lowest BCUT2D eigenvalue weighted by molar-refractivity contribution is 0.0744. The maximum absolute atomic E-state index is 12.7. The van der Waals surface area contributed by atoms with E-state index in [1.165, 1.54) is 13.3 Å². The predicted molar refractivity (Wildman–Crippen MR) is 100 cm³/mol. The SMILES string of the molecule is COc1cc(C(=O)N2CCN(c3nc4nc(C)ccc4o3)CC2)cnc1Cl. The number of carbonyl (C=O) groups is 1.